The van der Waals surface area contributed by atoms with E-state index < -0.39 is 6.17 Å². The van der Waals surface area contributed by atoms with Crippen LogP contribution in [0.25, 0.3) is 0 Å². The predicted molar refractivity (Wildman–Crippen MR) is 44.8 cm³/mol. The molecule has 0 aliphatic carbocycles. The van der Waals surface area contributed by atoms with Gasteiger partial charge in [0.1, 0.15) is 12.0 Å². The summed E-state index contributed by atoms with van der Waals surface area (Å²) in [6, 6.07) is 6.49. The van der Waals surface area contributed by atoms with Crippen molar-refractivity contribution in [2.75, 3.05) is 18.0 Å². The van der Waals surface area contributed by atoms with Crippen LogP contribution in [0.4, 0.5) is 10.2 Å². The van der Waals surface area contributed by atoms with Gasteiger partial charge in [-0.25, -0.2) is 9.37 Å². The van der Waals surface area contributed by atoms with Gasteiger partial charge < -0.3 is 4.90 Å². The number of aromatic nitrogens is 1. The third-order valence-electron chi connectivity index (χ3n) is 2.05. The first kappa shape index (κ1) is 7.53. The van der Waals surface area contributed by atoms with Crippen molar-refractivity contribution in [1.29, 1.82) is 0 Å². The molecule has 1 unspecified atom stereocenters. The van der Waals surface area contributed by atoms with Gasteiger partial charge in [0.15, 0.2) is 0 Å². The van der Waals surface area contributed by atoms with E-state index in [1.54, 1.807) is 12.3 Å². The Labute approximate surface area is 71.0 Å². The first-order chi connectivity index (χ1) is 5.86. The topological polar surface area (TPSA) is 16.1 Å². The van der Waals surface area contributed by atoms with Gasteiger partial charge in [-0.1, -0.05) is 0 Å². The van der Waals surface area contributed by atoms with Gasteiger partial charge in [0, 0.05) is 18.8 Å². The lowest BCUT2D eigenvalue weighted by Gasteiger charge is -2.14. The standard InChI is InChI=1S/C9H10FN2/c10-8-4-6-12(7-8)9-3-1-2-5-11-9/h1,3,5,8H,4,6-7H2. The Balaban J connectivity index is 2.11. The molecule has 1 aliphatic rings. The van der Waals surface area contributed by atoms with Crippen molar-refractivity contribution in [1.82, 2.24) is 4.98 Å². The lowest BCUT2D eigenvalue weighted by Crippen LogP contribution is -2.20. The summed E-state index contributed by atoms with van der Waals surface area (Å²) in [6.45, 7) is 1.26. The van der Waals surface area contributed by atoms with Gasteiger partial charge in [0.05, 0.1) is 6.54 Å². The number of anilines is 1. The van der Waals surface area contributed by atoms with Gasteiger partial charge in [-0.05, 0) is 18.6 Å². The van der Waals surface area contributed by atoms with Crippen molar-refractivity contribution in [2.45, 2.75) is 12.6 Å². The van der Waals surface area contributed by atoms with Crippen LogP contribution in [-0.4, -0.2) is 24.2 Å². The molecule has 0 amide bonds. The Kier molecular flexibility index (Phi) is 1.94. The van der Waals surface area contributed by atoms with E-state index >= 15 is 0 Å². The fourth-order valence-electron chi connectivity index (χ4n) is 1.42. The maximum atomic E-state index is 12.8. The van der Waals surface area contributed by atoms with Crippen molar-refractivity contribution in [3.63, 3.8) is 0 Å². The lowest BCUT2D eigenvalue weighted by molar-refractivity contribution is 0.364. The van der Waals surface area contributed by atoms with Crippen LogP contribution in [0.3, 0.4) is 0 Å². The fourth-order valence-corrected chi connectivity index (χ4v) is 1.42. The molecule has 0 aromatic carbocycles. The van der Waals surface area contributed by atoms with E-state index in [9.17, 15) is 4.39 Å². The molecule has 2 rings (SSSR count). The van der Waals surface area contributed by atoms with Crippen LogP contribution in [0.15, 0.2) is 18.3 Å². The molecular formula is C9H10FN2. The summed E-state index contributed by atoms with van der Waals surface area (Å²) in [4.78, 5) is 6.06. The highest BCUT2D eigenvalue weighted by molar-refractivity contribution is 5.38. The minimum absolute atomic E-state index is 0.483. The number of alkyl halides is 1. The number of nitrogens with zero attached hydrogens (tertiary/aromatic N) is 2. The normalized spacial score (nSPS) is 23.1. The monoisotopic (exact) mass is 165 g/mol. The molecule has 0 saturated carbocycles. The second-order valence-corrected chi connectivity index (χ2v) is 2.95. The van der Waals surface area contributed by atoms with Crippen molar-refractivity contribution in [3.8, 4) is 0 Å². The van der Waals surface area contributed by atoms with Gasteiger partial charge in [-0.15, -0.1) is 0 Å². The maximum absolute atomic E-state index is 12.8. The molecule has 1 fully saturated rings. The molecule has 0 spiro atoms. The minimum atomic E-state index is -0.684. The smallest absolute Gasteiger partial charge is 0.128 e. The largest absolute Gasteiger partial charge is 0.354 e. The molecule has 2 heterocycles. The molecule has 1 aromatic heterocycles. The highest BCUT2D eigenvalue weighted by atomic mass is 19.1. The molecule has 2 nitrogen and oxygen atoms in total. The minimum Gasteiger partial charge on any atom is -0.354 e. The van der Waals surface area contributed by atoms with E-state index in [1.807, 2.05) is 11.0 Å². The molecule has 1 radical (unpaired) electrons. The third kappa shape index (κ3) is 1.40. The second-order valence-electron chi connectivity index (χ2n) is 2.95. The summed E-state index contributed by atoms with van der Waals surface area (Å²) in [7, 11) is 0. The number of hydrogen-bond donors (Lipinski definition) is 0. The molecule has 3 heteroatoms. The molecule has 12 heavy (non-hydrogen) atoms. The molecule has 0 N–H and O–H groups in total. The summed E-state index contributed by atoms with van der Waals surface area (Å²) in [5.41, 5.74) is 0. The lowest BCUT2D eigenvalue weighted by atomic mass is 10.3. The van der Waals surface area contributed by atoms with Crippen molar-refractivity contribution in [2.24, 2.45) is 0 Å². The first-order valence-corrected chi connectivity index (χ1v) is 4.07. The van der Waals surface area contributed by atoms with Crippen LogP contribution in [0.2, 0.25) is 0 Å². The van der Waals surface area contributed by atoms with Gasteiger partial charge in [0.2, 0.25) is 0 Å². The Hall–Kier alpha value is -1.12. The highest BCUT2D eigenvalue weighted by Gasteiger charge is 2.22. The highest BCUT2D eigenvalue weighted by Crippen LogP contribution is 2.18. The van der Waals surface area contributed by atoms with E-state index in [0.717, 1.165) is 12.4 Å². The first-order valence-electron chi connectivity index (χ1n) is 4.07. The number of pyridine rings is 1. The van der Waals surface area contributed by atoms with Crippen LogP contribution >= 0.6 is 0 Å². The van der Waals surface area contributed by atoms with Crippen molar-refractivity contribution < 1.29 is 4.39 Å². The summed E-state index contributed by atoms with van der Waals surface area (Å²) < 4.78 is 12.8. The van der Waals surface area contributed by atoms with Crippen molar-refractivity contribution in [3.05, 3.63) is 24.4 Å². The second kappa shape index (κ2) is 3.09. The van der Waals surface area contributed by atoms with Gasteiger partial charge >= 0.3 is 0 Å². The van der Waals surface area contributed by atoms with E-state index in [4.69, 9.17) is 0 Å². The van der Waals surface area contributed by atoms with E-state index in [1.165, 1.54) is 0 Å². The zero-order valence-electron chi connectivity index (χ0n) is 6.70. The van der Waals surface area contributed by atoms with Gasteiger partial charge in [0.25, 0.3) is 0 Å². The average Bonchev–Trinajstić information content (AvgIpc) is 2.54. The van der Waals surface area contributed by atoms with Gasteiger partial charge in [-0.3, -0.25) is 0 Å². The predicted octanol–water partition coefficient (Wildman–Crippen LogP) is 1.43. The summed E-state index contributed by atoms with van der Waals surface area (Å²) in [5.74, 6) is 0.855. The maximum Gasteiger partial charge on any atom is 0.128 e. The Morgan fingerprint density at radius 1 is 1.67 bits per heavy atom. The Morgan fingerprint density at radius 2 is 2.58 bits per heavy atom. The van der Waals surface area contributed by atoms with Crippen LogP contribution < -0.4 is 4.90 Å². The average molecular weight is 165 g/mol. The van der Waals surface area contributed by atoms with Crippen LogP contribution in [-0.2, 0) is 0 Å². The van der Waals surface area contributed by atoms with E-state index in [-0.39, 0.29) is 0 Å². The number of hydrogen-bond acceptors (Lipinski definition) is 2. The molecular weight excluding hydrogens is 155 g/mol. The summed E-state index contributed by atoms with van der Waals surface area (Å²) in [6.07, 6.45) is 1.55. The number of rotatable bonds is 1. The zero-order chi connectivity index (χ0) is 8.39. The quantitative estimate of drug-likeness (QED) is 0.625. The molecule has 63 valence electrons. The van der Waals surface area contributed by atoms with Crippen LogP contribution in [0.5, 0.6) is 0 Å². The van der Waals surface area contributed by atoms with E-state index in [2.05, 4.69) is 11.1 Å². The molecule has 0 bridgehead atoms. The van der Waals surface area contributed by atoms with Gasteiger partial charge in [-0.2, -0.15) is 0 Å². The van der Waals surface area contributed by atoms with Crippen LogP contribution in [0, 0.1) is 6.07 Å². The van der Waals surface area contributed by atoms with Crippen molar-refractivity contribution >= 4 is 5.82 Å². The molecule has 1 atom stereocenters. The molecule has 1 aliphatic heterocycles. The summed E-state index contributed by atoms with van der Waals surface area (Å²) >= 11 is 0. The SMILES string of the molecule is FC1CCN(c2cc[c]cn2)C1. The van der Waals surface area contributed by atoms with Crippen LogP contribution in [0.1, 0.15) is 6.42 Å². The Bertz CT molecular complexity index is 250. The zero-order valence-corrected chi connectivity index (χ0v) is 6.70. The number of halogens is 1. The summed E-state index contributed by atoms with van der Waals surface area (Å²) in [5, 5.41) is 0. The molecule has 1 saturated heterocycles. The molecule has 1 aromatic rings. The third-order valence-corrected chi connectivity index (χ3v) is 2.05. The Morgan fingerprint density at radius 3 is 3.17 bits per heavy atom. The fraction of sp³-hybridized carbons (Fsp3) is 0.444. The van der Waals surface area contributed by atoms with E-state index in [0.29, 0.717) is 13.0 Å².